The van der Waals surface area contributed by atoms with Crippen molar-refractivity contribution in [1.29, 1.82) is 0 Å². The van der Waals surface area contributed by atoms with Crippen LogP contribution in [0, 0.1) is 45.8 Å². The number of hydrogen-bond donors (Lipinski definition) is 0. The molecular weight excluding hydrogens is 528 g/mol. The average Bonchev–Trinajstić information content (AvgIpc) is 3.46. The van der Waals surface area contributed by atoms with Gasteiger partial charge in [-0.1, -0.05) is 41.5 Å². The Kier molecular flexibility index (Phi) is 6.35. The van der Waals surface area contributed by atoms with E-state index in [1.54, 1.807) is 12.5 Å². The van der Waals surface area contributed by atoms with Gasteiger partial charge in [-0.3, -0.25) is 19.2 Å². The summed E-state index contributed by atoms with van der Waals surface area (Å²) in [5.74, 6) is -2.83. The van der Waals surface area contributed by atoms with Crippen LogP contribution >= 0.6 is 0 Å². The SMILES string of the molecule is CC[C@@H](C)C(=O)O[C@@H]1[C@H]2C(=O)[C@](C)([C@@H]3CC[C@@]4(C)[C@H](c5ccoc5)OC(=O)C[C@]45O[C@H]2[C@H]35)[C@@H](CC(=O)OC)C1(C)C. The lowest BCUT2D eigenvalue weighted by molar-refractivity contribution is -0.406. The molecule has 3 saturated carbocycles. The van der Waals surface area contributed by atoms with Crippen LogP contribution in [0.2, 0.25) is 0 Å². The van der Waals surface area contributed by atoms with Crippen LogP contribution in [0.1, 0.15) is 85.3 Å². The molecule has 0 unspecified atom stereocenters. The van der Waals surface area contributed by atoms with Crippen LogP contribution in [0.15, 0.2) is 23.0 Å². The zero-order valence-electron chi connectivity index (χ0n) is 25.1. The monoisotopic (exact) mass is 570 g/mol. The van der Waals surface area contributed by atoms with Gasteiger partial charge in [-0.15, -0.1) is 0 Å². The van der Waals surface area contributed by atoms with Crippen LogP contribution in [0.4, 0.5) is 0 Å². The molecular formula is C32H42O9. The first-order valence-corrected chi connectivity index (χ1v) is 15.0. The first-order valence-electron chi connectivity index (χ1n) is 15.0. The first-order chi connectivity index (χ1) is 19.3. The Bertz CT molecular complexity index is 1270. The fourth-order valence-electron chi connectivity index (χ4n) is 9.79. The molecule has 0 N–H and O–H groups in total. The van der Waals surface area contributed by atoms with Crippen molar-refractivity contribution in [2.75, 3.05) is 7.11 Å². The van der Waals surface area contributed by atoms with Gasteiger partial charge in [0.05, 0.1) is 49.6 Å². The fraction of sp³-hybridized carbons (Fsp3) is 0.750. The quantitative estimate of drug-likeness (QED) is 0.350. The van der Waals surface area contributed by atoms with Gasteiger partial charge in [0.2, 0.25) is 0 Å². The topological polar surface area (TPSA) is 118 Å². The van der Waals surface area contributed by atoms with Crippen molar-refractivity contribution < 1.29 is 42.5 Å². The Hall–Kier alpha value is -2.68. The molecule has 9 heteroatoms. The largest absolute Gasteiger partial charge is 0.472 e. The number of ketones is 1. The Morgan fingerprint density at radius 3 is 2.54 bits per heavy atom. The van der Waals surface area contributed by atoms with Crippen molar-refractivity contribution in [2.45, 2.75) is 97.6 Å². The molecule has 11 atom stereocenters. The number of ether oxygens (including phenoxy) is 4. The van der Waals surface area contributed by atoms with E-state index in [0.717, 1.165) is 5.56 Å². The van der Waals surface area contributed by atoms with Gasteiger partial charge in [-0.25, -0.2) is 0 Å². The van der Waals surface area contributed by atoms with E-state index in [0.29, 0.717) is 19.3 Å². The minimum Gasteiger partial charge on any atom is -0.472 e. The van der Waals surface area contributed by atoms with Crippen LogP contribution in [0.3, 0.4) is 0 Å². The van der Waals surface area contributed by atoms with Crippen molar-refractivity contribution in [3.05, 3.63) is 24.2 Å². The highest BCUT2D eigenvalue weighted by molar-refractivity contribution is 5.92. The first kappa shape index (κ1) is 28.4. The average molecular weight is 571 g/mol. The van der Waals surface area contributed by atoms with Crippen molar-refractivity contribution in [1.82, 2.24) is 0 Å². The van der Waals surface area contributed by atoms with Crippen molar-refractivity contribution >= 4 is 23.7 Å². The molecule has 0 amide bonds. The molecule has 0 aromatic carbocycles. The number of furan rings is 1. The molecule has 41 heavy (non-hydrogen) atoms. The van der Waals surface area contributed by atoms with Crippen LogP contribution in [0.5, 0.6) is 0 Å². The molecule has 1 spiro atoms. The summed E-state index contributed by atoms with van der Waals surface area (Å²) in [6, 6.07) is 1.82. The third-order valence-electron chi connectivity index (χ3n) is 12.2. The highest BCUT2D eigenvalue weighted by Gasteiger charge is 2.83. The highest BCUT2D eigenvalue weighted by Crippen LogP contribution is 2.76. The van der Waals surface area contributed by atoms with Crippen LogP contribution in [-0.2, 0) is 38.1 Å². The molecule has 1 aromatic rings. The minimum atomic E-state index is -0.895. The lowest BCUT2D eigenvalue weighted by atomic mass is 9.34. The van der Waals surface area contributed by atoms with E-state index in [4.69, 9.17) is 23.4 Å². The fourth-order valence-corrected chi connectivity index (χ4v) is 9.79. The van der Waals surface area contributed by atoms with Crippen molar-refractivity contribution in [3.63, 3.8) is 0 Å². The molecule has 224 valence electrons. The van der Waals surface area contributed by atoms with Gasteiger partial charge in [0, 0.05) is 34.1 Å². The number of carbonyl (C=O) groups excluding carboxylic acids is 4. The van der Waals surface area contributed by atoms with E-state index in [1.165, 1.54) is 7.11 Å². The lowest BCUT2D eigenvalue weighted by Gasteiger charge is -2.77. The molecule has 2 aliphatic heterocycles. The minimum absolute atomic E-state index is 0.0119. The zero-order chi connectivity index (χ0) is 29.7. The molecule has 9 nitrogen and oxygen atoms in total. The Balaban J connectivity index is 1.48. The zero-order valence-corrected chi connectivity index (χ0v) is 25.1. The maximum absolute atomic E-state index is 14.6. The molecule has 0 radical (unpaired) electrons. The normalized spacial score (nSPS) is 44.4. The summed E-state index contributed by atoms with van der Waals surface area (Å²) in [6.07, 6.45) is 3.50. The van der Waals surface area contributed by atoms with Crippen molar-refractivity contribution in [3.8, 4) is 0 Å². The van der Waals surface area contributed by atoms with Gasteiger partial charge in [-0.05, 0) is 37.2 Å². The molecule has 3 aliphatic carbocycles. The third-order valence-corrected chi connectivity index (χ3v) is 12.2. The summed E-state index contributed by atoms with van der Waals surface area (Å²) in [4.78, 5) is 53.9. The van der Waals surface area contributed by atoms with Crippen molar-refractivity contribution in [2.24, 2.45) is 45.8 Å². The van der Waals surface area contributed by atoms with E-state index in [1.807, 2.05) is 40.7 Å². The predicted octanol–water partition coefficient (Wildman–Crippen LogP) is 4.82. The summed E-state index contributed by atoms with van der Waals surface area (Å²) in [5, 5.41) is 0. The summed E-state index contributed by atoms with van der Waals surface area (Å²) in [6.45, 7) is 11.9. The summed E-state index contributed by atoms with van der Waals surface area (Å²) >= 11 is 0. The number of esters is 3. The maximum atomic E-state index is 14.6. The number of hydrogen-bond acceptors (Lipinski definition) is 9. The summed E-state index contributed by atoms with van der Waals surface area (Å²) in [7, 11) is 1.35. The second-order valence-corrected chi connectivity index (χ2v) is 14.2. The van der Waals surface area contributed by atoms with Gasteiger partial charge in [-0.2, -0.15) is 0 Å². The third kappa shape index (κ3) is 3.50. The molecule has 3 heterocycles. The molecule has 2 saturated heterocycles. The van der Waals surface area contributed by atoms with Crippen LogP contribution in [-0.4, -0.2) is 48.6 Å². The maximum Gasteiger partial charge on any atom is 0.309 e. The number of cyclic esters (lactones) is 1. The number of Topliss-reactive ketones (excluding diaryl/α,β-unsaturated/α-hetero) is 1. The van der Waals surface area contributed by atoms with Crippen LogP contribution < -0.4 is 0 Å². The number of carbonyl (C=O) groups is 4. The van der Waals surface area contributed by atoms with E-state index in [-0.39, 0.29) is 48.3 Å². The number of fused-ring (bicyclic) bond motifs is 4. The second kappa shape index (κ2) is 9.16. The Morgan fingerprint density at radius 1 is 1.17 bits per heavy atom. The Labute approximate surface area is 241 Å². The van der Waals surface area contributed by atoms with Crippen LogP contribution in [0.25, 0.3) is 0 Å². The molecule has 1 aromatic heterocycles. The summed E-state index contributed by atoms with van der Waals surface area (Å²) < 4.78 is 29.6. The van der Waals surface area contributed by atoms with Gasteiger partial charge in [0.25, 0.3) is 0 Å². The number of methoxy groups -OCH3 is 1. The standard InChI is InChI=1S/C32H42O9/c1-8-16(2)28(36)40-27-22-24-23-18(31(6,25(22)35)19(29(27,3)4)13-20(33)37-7)9-11-30(5)26(17-10-12-38-15-17)39-21(34)14-32(23,30)41-24/h10,12,15-16,18-19,22-24,26-27H,8-9,11,13-14H2,1-7H3/t16-,18-,19+,22-,23+,24-,26+,27-,30+,31-,32-/m1/s1. The van der Waals surface area contributed by atoms with E-state index < -0.39 is 58.0 Å². The highest BCUT2D eigenvalue weighted by atomic mass is 16.6. The smallest absolute Gasteiger partial charge is 0.309 e. The van der Waals surface area contributed by atoms with Gasteiger partial charge >= 0.3 is 17.9 Å². The van der Waals surface area contributed by atoms with E-state index in [9.17, 15) is 19.2 Å². The van der Waals surface area contributed by atoms with E-state index >= 15 is 0 Å². The molecule has 5 fully saturated rings. The van der Waals surface area contributed by atoms with Gasteiger partial charge in [0.15, 0.2) is 0 Å². The summed E-state index contributed by atoms with van der Waals surface area (Å²) in [5.41, 5.74) is -2.22. The van der Waals surface area contributed by atoms with Gasteiger partial charge in [0.1, 0.15) is 18.0 Å². The second-order valence-electron chi connectivity index (χ2n) is 14.2. The molecule has 5 aliphatic rings. The Morgan fingerprint density at radius 2 is 1.90 bits per heavy atom. The van der Waals surface area contributed by atoms with E-state index in [2.05, 4.69) is 6.92 Å². The molecule has 6 rings (SSSR count). The lowest BCUT2D eigenvalue weighted by Crippen LogP contribution is -2.84. The molecule has 2 bridgehead atoms. The predicted molar refractivity (Wildman–Crippen MR) is 144 cm³/mol. The van der Waals surface area contributed by atoms with Gasteiger partial charge < -0.3 is 23.4 Å². The number of rotatable bonds is 6.